The van der Waals surface area contributed by atoms with Crippen molar-refractivity contribution in [3.05, 3.63) is 28.5 Å². The molecule has 0 bridgehead atoms. The molecule has 2 fully saturated rings. The highest BCUT2D eigenvalue weighted by Crippen LogP contribution is 2.26. The largest absolute Gasteiger partial charge is 0.322 e. The Labute approximate surface area is 125 Å². The van der Waals surface area contributed by atoms with Crippen LogP contribution in [0.4, 0.5) is 10.1 Å². The van der Waals surface area contributed by atoms with Gasteiger partial charge in [0.2, 0.25) is 5.91 Å². The van der Waals surface area contributed by atoms with Gasteiger partial charge in [-0.3, -0.25) is 9.69 Å². The first-order valence-corrected chi connectivity index (χ1v) is 7.59. The Bertz CT molecular complexity index is 513. The molecule has 108 valence electrons. The molecule has 0 aromatic heterocycles. The summed E-state index contributed by atoms with van der Waals surface area (Å²) < 4.78 is 14.3. The molecule has 2 aliphatic heterocycles. The normalized spacial score (nSPS) is 25.7. The summed E-state index contributed by atoms with van der Waals surface area (Å²) >= 11 is 3.19. The molecule has 2 heterocycles. The number of rotatable bonds is 3. The van der Waals surface area contributed by atoms with Crippen LogP contribution in [0.15, 0.2) is 22.7 Å². The van der Waals surface area contributed by atoms with Crippen molar-refractivity contribution in [2.24, 2.45) is 11.8 Å². The molecule has 2 atom stereocenters. The van der Waals surface area contributed by atoms with Gasteiger partial charge in [-0.15, -0.1) is 0 Å². The number of benzene rings is 1. The van der Waals surface area contributed by atoms with E-state index in [1.807, 2.05) is 0 Å². The zero-order valence-corrected chi connectivity index (χ0v) is 12.6. The van der Waals surface area contributed by atoms with Gasteiger partial charge in [0.25, 0.3) is 0 Å². The Morgan fingerprint density at radius 2 is 2.10 bits per heavy atom. The Morgan fingerprint density at radius 3 is 2.75 bits per heavy atom. The summed E-state index contributed by atoms with van der Waals surface area (Å²) in [7, 11) is 0. The fourth-order valence-corrected chi connectivity index (χ4v) is 3.40. The Kier molecular flexibility index (Phi) is 4.05. The number of hydrogen-bond acceptors (Lipinski definition) is 3. The van der Waals surface area contributed by atoms with Crippen LogP contribution in [0, 0.1) is 17.7 Å². The third-order valence-electron chi connectivity index (χ3n) is 4.04. The first-order valence-electron chi connectivity index (χ1n) is 6.80. The zero-order valence-electron chi connectivity index (χ0n) is 11.0. The average Bonchev–Trinajstić information content (AvgIpc) is 2.93. The zero-order chi connectivity index (χ0) is 14.1. The van der Waals surface area contributed by atoms with E-state index in [2.05, 4.69) is 31.5 Å². The molecule has 0 saturated carbocycles. The lowest BCUT2D eigenvalue weighted by molar-refractivity contribution is -0.117. The van der Waals surface area contributed by atoms with Crippen molar-refractivity contribution in [1.82, 2.24) is 10.2 Å². The molecular weight excluding hydrogens is 325 g/mol. The van der Waals surface area contributed by atoms with E-state index in [4.69, 9.17) is 0 Å². The molecule has 6 heteroatoms. The molecule has 4 nitrogen and oxygen atoms in total. The maximum absolute atomic E-state index is 13.6. The molecule has 2 unspecified atom stereocenters. The number of anilines is 1. The Hall–Kier alpha value is -0.980. The molecule has 1 aromatic rings. The van der Waals surface area contributed by atoms with Crippen LogP contribution in [-0.2, 0) is 4.79 Å². The first-order chi connectivity index (χ1) is 9.61. The minimum absolute atomic E-state index is 0.154. The standard InChI is InChI=1S/C14H17BrFN3O/c15-11-1-2-13(12(16)3-11)18-14(20)8-19-6-9-4-17-5-10(9)7-19/h1-3,9-10,17H,4-8H2,(H,18,20). The molecule has 20 heavy (non-hydrogen) atoms. The van der Waals surface area contributed by atoms with Crippen LogP contribution < -0.4 is 10.6 Å². The van der Waals surface area contributed by atoms with E-state index in [-0.39, 0.29) is 11.6 Å². The highest BCUT2D eigenvalue weighted by molar-refractivity contribution is 9.10. The maximum atomic E-state index is 13.6. The second-order valence-electron chi connectivity index (χ2n) is 5.54. The van der Waals surface area contributed by atoms with Crippen LogP contribution in [0.5, 0.6) is 0 Å². The molecule has 1 amide bonds. The summed E-state index contributed by atoms with van der Waals surface area (Å²) in [5.41, 5.74) is 0.235. The number of nitrogens with zero attached hydrogens (tertiary/aromatic N) is 1. The van der Waals surface area contributed by atoms with Crippen molar-refractivity contribution in [3.63, 3.8) is 0 Å². The van der Waals surface area contributed by atoms with Crippen molar-refractivity contribution < 1.29 is 9.18 Å². The summed E-state index contributed by atoms with van der Waals surface area (Å²) in [5.74, 6) is 0.744. The number of carbonyl (C=O) groups excluding carboxylic acids is 1. The molecular formula is C14H17BrFN3O. The predicted octanol–water partition coefficient (Wildman–Crippen LogP) is 1.68. The van der Waals surface area contributed by atoms with Gasteiger partial charge in [0.15, 0.2) is 0 Å². The van der Waals surface area contributed by atoms with Gasteiger partial charge in [-0.25, -0.2) is 4.39 Å². The smallest absolute Gasteiger partial charge is 0.238 e. The van der Waals surface area contributed by atoms with E-state index in [1.165, 1.54) is 6.07 Å². The minimum Gasteiger partial charge on any atom is -0.322 e. The van der Waals surface area contributed by atoms with Crippen molar-refractivity contribution in [3.8, 4) is 0 Å². The van der Waals surface area contributed by atoms with E-state index in [9.17, 15) is 9.18 Å². The second kappa shape index (κ2) is 5.79. The molecule has 2 saturated heterocycles. The van der Waals surface area contributed by atoms with E-state index >= 15 is 0 Å². The molecule has 2 N–H and O–H groups in total. The summed E-state index contributed by atoms with van der Waals surface area (Å²) in [6.45, 7) is 4.33. The Morgan fingerprint density at radius 1 is 1.40 bits per heavy atom. The van der Waals surface area contributed by atoms with Gasteiger partial charge in [0, 0.05) is 17.6 Å². The highest BCUT2D eigenvalue weighted by atomic mass is 79.9. The summed E-state index contributed by atoms with van der Waals surface area (Å²) in [6, 6.07) is 4.63. The van der Waals surface area contributed by atoms with Crippen LogP contribution in [0.2, 0.25) is 0 Å². The van der Waals surface area contributed by atoms with Crippen molar-refractivity contribution in [2.75, 3.05) is 38.0 Å². The number of halogens is 2. The number of amides is 1. The number of carbonyl (C=O) groups is 1. The van der Waals surface area contributed by atoms with Crippen molar-refractivity contribution in [1.29, 1.82) is 0 Å². The molecule has 1 aromatic carbocycles. The van der Waals surface area contributed by atoms with Crippen molar-refractivity contribution >= 4 is 27.5 Å². The quantitative estimate of drug-likeness (QED) is 0.879. The molecule has 0 spiro atoms. The fourth-order valence-electron chi connectivity index (χ4n) is 3.07. The second-order valence-corrected chi connectivity index (χ2v) is 6.46. The third kappa shape index (κ3) is 3.02. The lowest BCUT2D eigenvalue weighted by Gasteiger charge is -2.16. The summed E-state index contributed by atoms with van der Waals surface area (Å²) in [4.78, 5) is 14.1. The van der Waals surface area contributed by atoms with Crippen LogP contribution in [0.25, 0.3) is 0 Å². The van der Waals surface area contributed by atoms with E-state index < -0.39 is 5.82 Å². The number of nitrogens with one attached hydrogen (secondary N) is 2. The molecule has 2 aliphatic rings. The van der Waals surface area contributed by atoms with E-state index in [1.54, 1.807) is 12.1 Å². The maximum Gasteiger partial charge on any atom is 0.238 e. The van der Waals surface area contributed by atoms with Gasteiger partial charge in [-0.2, -0.15) is 0 Å². The number of fused-ring (bicyclic) bond motifs is 1. The lowest BCUT2D eigenvalue weighted by atomic mass is 10.0. The first kappa shape index (κ1) is 14.0. The van der Waals surface area contributed by atoms with Gasteiger partial charge < -0.3 is 10.6 Å². The van der Waals surface area contributed by atoms with E-state index in [0.717, 1.165) is 26.2 Å². The average molecular weight is 342 g/mol. The molecule has 0 aliphatic carbocycles. The van der Waals surface area contributed by atoms with Crippen LogP contribution in [0.1, 0.15) is 0 Å². The topological polar surface area (TPSA) is 44.4 Å². The van der Waals surface area contributed by atoms with Crippen LogP contribution in [-0.4, -0.2) is 43.5 Å². The summed E-state index contributed by atoms with van der Waals surface area (Å²) in [6.07, 6.45) is 0. The molecule has 0 radical (unpaired) electrons. The fraction of sp³-hybridized carbons (Fsp3) is 0.500. The van der Waals surface area contributed by atoms with Crippen molar-refractivity contribution in [2.45, 2.75) is 0 Å². The van der Waals surface area contributed by atoms with Gasteiger partial charge in [-0.05, 0) is 43.1 Å². The highest BCUT2D eigenvalue weighted by Gasteiger charge is 2.36. The monoisotopic (exact) mass is 341 g/mol. The van der Waals surface area contributed by atoms with Gasteiger partial charge in [0.1, 0.15) is 5.82 Å². The van der Waals surface area contributed by atoms with E-state index in [0.29, 0.717) is 22.9 Å². The van der Waals surface area contributed by atoms with Crippen LogP contribution >= 0.6 is 15.9 Å². The van der Waals surface area contributed by atoms with Gasteiger partial charge in [0.05, 0.1) is 12.2 Å². The van der Waals surface area contributed by atoms with Gasteiger partial charge in [-0.1, -0.05) is 15.9 Å². The van der Waals surface area contributed by atoms with Gasteiger partial charge >= 0.3 is 0 Å². The minimum atomic E-state index is -0.421. The summed E-state index contributed by atoms with van der Waals surface area (Å²) in [5, 5.41) is 6.01. The SMILES string of the molecule is O=C(CN1CC2CNCC2C1)Nc1ccc(Br)cc1F. The Balaban J connectivity index is 1.55. The van der Waals surface area contributed by atoms with Crippen LogP contribution in [0.3, 0.4) is 0 Å². The number of likely N-dealkylation sites (tertiary alicyclic amines) is 1. The predicted molar refractivity (Wildman–Crippen MR) is 79.0 cm³/mol. The number of hydrogen-bond donors (Lipinski definition) is 2. The third-order valence-corrected chi connectivity index (χ3v) is 4.53. The lowest BCUT2D eigenvalue weighted by Crippen LogP contribution is -2.33. The molecule has 3 rings (SSSR count).